The van der Waals surface area contributed by atoms with Gasteiger partial charge in [0.1, 0.15) is 6.07 Å². The van der Waals surface area contributed by atoms with Crippen LogP contribution >= 0.6 is 0 Å². The fraction of sp³-hybridized carbons (Fsp3) is 0.368. The van der Waals surface area contributed by atoms with E-state index in [9.17, 15) is 26.4 Å². The van der Waals surface area contributed by atoms with E-state index < -0.39 is 38.9 Å². The predicted octanol–water partition coefficient (Wildman–Crippen LogP) is 2.97. The van der Waals surface area contributed by atoms with Crippen LogP contribution in [0.5, 0.6) is 0 Å². The molecule has 8 nitrogen and oxygen atoms in total. The van der Waals surface area contributed by atoms with Gasteiger partial charge in [0.05, 0.1) is 4.90 Å². The van der Waals surface area contributed by atoms with Gasteiger partial charge in [0, 0.05) is 24.4 Å². The third-order valence-corrected chi connectivity index (χ3v) is 4.88. The van der Waals surface area contributed by atoms with Gasteiger partial charge in [0.2, 0.25) is 5.82 Å². The highest BCUT2D eigenvalue weighted by Crippen LogP contribution is 2.30. The molecule has 1 amide bonds. The molecule has 0 aliphatic carbocycles. The van der Waals surface area contributed by atoms with Crippen molar-refractivity contribution in [3.8, 4) is 6.07 Å². The van der Waals surface area contributed by atoms with Crippen LogP contribution in [0.25, 0.3) is 0 Å². The van der Waals surface area contributed by atoms with Crippen LogP contribution in [0.15, 0.2) is 35.2 Å². The summed E-state index contributed by atoms with van der Waals surface area (Å²) in [5.41, 5.74) is 0.592. The Bertz CT molecular complexity index is 1140. The van der Waals surface area contributed by atoms with Crippen LogP contribution in [0, 0.1) is 16.7 Å². The molecule has 31 heavy (non-hydrogen) atoms. The highest BCUT2D eigenvalue weighted by atomic mass is 32.2. The van der Waals surface area contributed by atoms with Crippen LogP contribution in [0.4, 0.5) is 19.0 Å². The number of carbonyl (C=O) groups excluding carboxylic acids is 1. The third-order valence-electron chi connectivity index (χ3n) is 3.77. The number of benzene rings is 1. The molecule has 166 valence electrons. The zero-order valence-electron chi connectivity index (χ0n) is 17.1. The highest BCUT2D eigenvalue weighted by molar-refractivity contribution is 7.90. The number of anilines is 1. The molecule has 1 heterocycles. The summed E-state index contributed by atoms with van der Waals surface area (Å²) < 4.78 is 63.1. The predicted molar refractivity (Wildman–Crippen MR) is 106 cm³/mol. The summed E-state index contributed by atoms with van der Waals surface area (Å²) in [6, 6.07) is 7.31. The SMILES string of the molecule is CC(C)(C)CN(NC(=O)c1cccc(S(C)(=O)=O)c1)c1cc(C(F)(F)F)nc(C#N)n1. The molecule has 1 N–H and O–H groups in total. The van der Waals surface area contributed by atoms with E-state index in [1.54, 1.807) is 20.8 Å². The normalized spacial score (nSPS) is 12.2. The van der Waals surface area contributed by atoms with E-state index in [-0.39, 0.29) is 22.8 Å². The van der Waals surface area contributed by atoms with E-state index in [1.807, 2.05) is 0 Å². The zero-order chi connectivity index (χ0) is 23.6. The summed E-state index contributed by atoms with van der Waals surface area (Å²) in [7, 11) is -3.57. The minimum absolute atomic E-state index is 0.0209. The number of nitrogens with one attached hydrogen (secondary N) is 1. The van der Waals surface area contributed by atoms with E-state index in [2.05, 4.69) is 15.4 Å². The van der Waals surface area contributed by atoms with E-state index in [4.69, 9.17) is 5.26 Å². The molecule has 0 bridgehead atoms. The molecule has 0 atom stereocenters. The van der Waals surface area contributed by atoms with E-state index in [0.29, 0.717) is 6.07 Å². The minimum atomic E-state index is -4.83. The maximum atomic E-state index is 13.2. The third kappa shape index (κ3) is 6.65. The van der Waals surface area contributed by atoms with Crippen molar-refractivity contribution < 1.29 is 26.4 Å². The Morgan fingerprint density at radius 3 is 2.35 bits per heavy atom. The lowest BCUT2D eigenvalue weighted by atomic mass is 9.96. The average molecular weight is 455 g/mol. The Kier molecular flexibility index (Phi) is 6.60. The molecule has 0 saturated heterocycles. The molecule has 0 aliphatic rings. The second-order valence-corrected chi connectivity index (χ2v) is 9.95. The Morgan fingerprint density at radius 2 is 1.84 bits per heavy atom. The number of alkyl halides is 3. The second-order valence-electron chi connectivity index (χ2n) is 7.93. The van der Waals surface area contributed by atoms with Crippen LogP contribution in [0.3, 0.4) is 0 Å². The van der Waals surface area contributed by atoms with E-state index in [1.165, 1.54) is 24.3 Å². The highest BCUT2D eigenvalue weighted by Gasteiger charge is 2.35. The Morgan fingerprint density at radius 1 is 1.19 bits per heavy atom. The van der Waals surface area contributed by atoms with Crippen LogP contribution in [0.2, 0.25) is 0 Å². The van der Waals surface area contributed by atoms with Gasteiger partial charge in [0.15, 0.2) is 21.3 Å². The molecule has 2 aromatic rings. The fourth-order valence-corrected chi connectivity index (χ4v) is 3.14. The molecule has 12 heteroatoms. The first-order valence-electron chi connectivity index (χ1n) is 8.85. The van der Waals surface area contributed by atoms with Gasteiger partial charge >= 0.3 is 6.18 Å². The Balaban J connectivity index is 2.50. The van der Waals surface area contributed by atoms with Crippen molar-refractivity contribution in [2.24, 2.45) is 5.41 Å². The van der Waals surface area contributed by atoms with Gasteiger partial charge in [-0.05, 0) is 23.6 Å². The molecule has 0 aliphatic heterocycles. The molecule has 1 aromatic carbocycles. The van der Waals surface area contributed by atoms with E-state index >= 15 is 0 Å². The van der Waals surface area contributed by atoms with Gasteiger partial charge in [-0.2, -0.15) is 23.4 Å². The molecule has 0 spiro atoms. The number of hydrogen-bond donors (Lipinski definition) is 1. The molecule has 2 rings (SSSR count). The molecule has 0 fully saturated rings. The molecular formula is C19H20F3N5O3S. The largest absolute Gasteiger partial charge is 0.433 e. The number of nitriles is 1. The summed E-state index contributed by atoms with van der Waals surface area (Å²) in [6.45, 7) is 5.39. The lowest BCUT2D eigenvalue weighted by molar-refractivity contribution is -0.141. The smallest absolute Gasteiger partial charge is 0.267 e. The van der Waals surface area contributed by atoms with Crippen molar-refractivity contribution >= 4 is 21.6 Å². The van der Waals surface area contributed by atoms with Gasteiger partial charge in [-0.3, -0.25) is 15.2 Å². The summed E-state index contributed by atoms with van der Waals surface area (Å²) >= 11 is 0. The Hall–Kier alpha value is -3.20. The molecule has 1 aromatic heterocycles. The molecule has 0 radical (unpaired) electrons. The summed E-state index contributed by atoms with van der Waals surface area (Å²) in [5.74, 6) is -1.81. The number of halogens is 3. The first kappa shape index (κ1) is 24.1. The number of hydrogen-bond acceptors (Lipinski definition) is 7. The standard InChI is InChI=1S/C19H20F3N5O3S/c1-18(2,3)11-27(16-9-14(19(20,21)22)24-15(10-23)25-16)26-17(28)12-6-5-7-13(8-12)31(4,29)30/h5-9H,11H2,1-4H3,(H,26,28). The van der Waals surface area contributed by atoms with Crippen molar-refractivity contribution in [2.45, 2.75) is 31.8 Å². The van der Waals surface area contributed by atoms with Crippen LogP contribution in [0.1, 0.15) is 42.6 Å². The van der Waals surface area contributed by atoms with Crippen molar-refractivity contribution in [1.82, 2.24) is 15.4 Å². The summed E-state index contributed by atoms with van der Waals surface area (Å²) in [6.07, 6.45) is -3.84. The number of carbonyl (C=O) groups is 1. The number of rotatable bonds is 5. The lowest BCUT2D eigenvalue weighted by Crippen LogP contribution is -2.47. The zero-order valence-corrected chi connectivity index (χ0v) is 18.0. The first-order chi connectivity index (χ1) is 14.1. The monoisotopic (exact) mass is 455 g/mol. The van der Waals surface area contributed by atoms with Gasteiger partial charge in [-0.15, -0.1) is 0 Å². The van der Waals surface area contributed by atoms with Crippen molar-refractivity contribution in [3.63, 3.8) is 0 Å². The number of aromatic nitrogens is 2. The topological polar surface area (TPSA) is 116 Å². The number of sulfone groups is 1. The van der Waals surface area contributed by atoms with Crippen molar-refractivity contribution in [1.29, 1.82) is 5.26 Å². The van der Waals surface area contributed by atoms with E-state index in [0.717, 1.165) is 17.3 Å². The lowest BCUT2D eigenvalue weighted by Gasteiger charge is -2.31. The fourth-order valence-electron chi connectivity index (χ4n) is 2.48. The van der Waals surface area contributed by atoms with Gasteiger partial charge in [0.25, 0.3) is 5.91 Å². The average Bonchev–Trinajstić information content (AvgIpc) is 2.64. The number of hydrazine groups is 1. The van der Waals surface area contributed by atoms with Crippen LogP contribution in [-0.4, -0.2) is 37.1 Å². The van der Waals surface area contributed by atoms with Gasteiger partial charge in [-0.25, -0.2) is 13.4 Å². The molecule has 0 saturated carbocycles. The van der Waals surface area contributed by atoms with Crippen molar-refractivity contribution in [2.75, 3.05) is 17.8 Å². The maximum absolute atomic E-state index is 13.2. The number of amides is 1. The molecular weight excluding hydrogens is 435 g/mol. The van der Waals surface area contributed by atoms with Crippen molar-refractivity contribution in [3.05, 3.63) is 47.4 Å². The molecule has 0 unspecified atom stereocenters. The van der Waals surface area contributed by atoms with Crippen LogP contribution < -0.4 is 10.4 Å². The Labute approximate surface area is 177 Å². The number of nitrogens with zero attached hydrogens (tertiary/aromatic N) is 4. The van der Waals surface area contributed by atoms with Gasteiger partial charge < -0.3 is 0 Å². The maximum Gasteiger partial charge on any atom is 0.433 e. The first-order valence-corrected chi connectivity index (χ1v) is 10.7. The second kappa shape index (κ2) is 8.50. The quantitative estimate of drug-likeness (QED) is 0.689. The van der Waals surface area contributed by atoms with Crippen LogP contribution in [-0.2, 0) is 16.0 Å². The van der Waals surface area contributed by atoms with Gasteiger partial charge in [-0.1, -0.05) is 26.8 Å². The minimum Gasteiger partial charge on any atom is -0.267 e. The summed E-state index contributed by atoms with van der Waals surface area (Å²) in [4.78, 5) is 19.6. The summed E-state index contributed by atoms with van der Waals surface area (Å²) in [5, 5.41) is 10.1.